The second kappa shape index (κ2) is 22.4. The molecule has 1 atom stereocenters. The molecule has 0 aliphatic heterocycles. The van der Waals surface area contributed by atoms with Crippen LogP contribution in [0.1, 0.15) is 65.2 Å². The fraction of sp³-hybridized carbons (Fsp3) is 0.520. The van der Waals surface area contributed by atoms with E-state index in [1.807, 2.05) is 0 Å². The fourth-order valence-electron chi connectivity index (χ4n) is 2.25. The zero-order valence-corrected chi connectivity index (χ0v) is 17.4. The van der Waals surface area contributed by atoms with Gasteiger partial charge in [0.1, 0.15) is 0 Å². The van der Waals surface area contributed by atoms with Crippen molar-refractivity contribution in [3.05, 3.63) is 72.9 Å². The minimum absolute atomic E-state index is 0.0606. The highest BCUT2D eigenvalue weighted by Gasteiger charge is 2.03. The third-order valence-corrected chi connectivity index (χ3v) is 3.76. The van der Waals surface area contributed by atoms with Crippen LogP contribution in [-0.4, -0.2) is 24.4 Å². The molecule has 1 N–H and O–H groups in total. The molecule has 2 nitrogen and oxygen atoms in total. The molecule has 0 aliphatic rings. The predicted octanol–water partition coefficient (Wildman–Crippen LogP) is 6.86. The topological polar surface area (TPSA) is 29.5 Å². The summed E-state index contributed by atoms with van der Waals surface area (Å²) in [7, 11) is 0. The van der Waals surface area contributed by atoms with Gasteiger partial charge in [-0.2, -0.15) is 0 Å². The highest BCUT2D eigenvalue weighted by Crippen LogP contribution is 2.01. The maximum absolute atomic E-state index is 9.21. The Hall–Kier alpha value is -1.64. The van der Waals surface area contributed by atoms with E-state index < -0.39 is 0 Å². The molecule has 0 aromatic heterocycles. The quantitative estimate of drug-likeness (QED) is 0.283. The second-order valence-electron chi connectivity index (χ2n) is 6.33. The molecule has 152 valence electrons. The van der Waals surface area contributed by atoms with E-state index in [0.717, 1.165) is 51.4 Å². The van der Waals surface area contributed by atoms with Gasteiger partial charge >= 0.3 is 0 Å². The van der Waals surface area contributed by atoms with Gasteiger partial charge in [0.05, 0.1) is 12.7 Å². The van der Waals surface area contributed by atoms with Crippen LogP contribution >= 0.6 is 0 Å². The van der Waals surface area contributed by atoms with Gasteiger partial charge < -0.3 is 9.84 Å². The average Bonchev–Trinajstić information content (AvgIpc) is 2.69. The van der Waals surface area contributed by atoms with Crippen molar-refractivity contribution in [2.75, 3.05) is 13.2 Å². The molecule has 0 saturated heterocycles. The molecule has 0 aliphatic carbocycles. The third-order valence-electron chi connectivity index (χ3n) is 3.76. The molecule has 0 aromatic carbocycles. The maximum Gasteiger partial charge on any atom is 0.0840 e. The van der Waals surface area contributed by atoms with E-state index in [4.69, 9.17) is 4.74 Å². The SMILES string of the molecule is CC/C=C\C/C=C\C/C=C\C/C=C\C/C=C\C/C=C\CC(CO)OCCC. The first kappa shape index (κ1) is 25.4. The van der Waals surface area contributed by atoms with Crippen LogP contribution in [-0.2, 0) is 4.74 Å². The van der Waals surface area contributed by atoms with Crippen LogP contribution in [0.15, 0.2) is 72.9 Å². The third kappa shape index (κ3) is 20.5. The van der Waals surface area contributed by atoms with Crippen LogP contribution in [0.25, 0.3) is 0 Å². The first-order chi connectivity index (χ1) is 13.3. The Bertz CT molecular complexity index is 467. The van der Waals surface area contributed by atoms with Gasteiger partial charge in [-0.05, 0) is 51.4 Å². The second-order valence-corrected chi connectivity index (χ2v) is 6.33. The predicted molar refractivity (Wildman–Crippen MR) is 120 cm³/mol. The van der Waals surface area contributed by atoms with E-state index in [1.54, 1.807) is 0 Å². The van der Waals surface area contributed by atoms with Crippen molar-refractivity contribution < 1.29 is 9.84 Å². The van der Waals surface area contributed by atoms with Crippen LogP contribution in [0.4, 0.5) is 0 Å². The molecule has 0 bridgehead atoms. The molecule has 0 heterocycles. The molecular formula is C25H40O2. The lowest BCUT2D eigenvalue weighted by Crippen LogP contribution is -2.17. The fourth-order valence-corrected chi connectivity index (χ4v) is 2.25. The summed E-state index contributed by atoms with van der Waals surface area (Å²) < 4.78 is 5.53. The Morgan fingerprint density at radius 1 is 0.630 bits per heavy atom. The largest absolute Gasteiger partial charge is 0.394 e. The monoisotopic (exact) mass is 372 g/mol. The van der Waals surface area contributed by atoms with Crippen LogP contribution in [0, 0.1) is 0 Å². The van der Waals surface area contributed by atoms with E-state index in [2.05, 4.69) is 86.8 Å². The molecule has 27 heavy (non-hydrogen) atoms. The van der Waals surface area contributed by atoms with Gasteiger partial charge in [-0.3, -0.25) is 0 Å². The summed E-state index contributed by atoms with van der Waals surface area (Å²) >= 11 is 0. The smallest absolute Gasteiger partial charge is 0.0840 e. The summed E-state index contributed by atoms with van der Waals surface area (Å²) in [6, 6.07) is 0. The minimum Gasteiger partial charge on any atom is -0.394 e. The first-order valence-corrected chi connectivity index (χ1v) is 10.5. The van der Waals surface area contributed by atoms with Gasteiger partial charge in [0.15, 0.2) is 0 Å². The summed E-state index contributed by atoms with van der Waals surface area (Å²) in [5.41, 5.74) is 0. The minimum atomic E-state index is -0.0606. The Balaban J connectivity index is 3.63. The lowest BCUT2D eigenvalue weighted by molar-refractivity contribution is 0.0155. The van der Waals surface area contributed by atoms with Crippen molar-refractivity contribution in [2.45, 2.75) is 71.3 Å². The molecule has 0 spiro atoms. The van der Waals surface area contributed by atoms with Crippen molar-refractivity contribution in [3.8, 4) is 0 Å². The molecule has 0 aromatic rings. The van der Waals surface area contributed by atoms with Gasteiger partial charge in [0.25, 0.3) is 0 Å². The number of hydrogen-bond acceptors (Lipinski definition) is 2. The number of hydrogen-bond donors (Lipinski definition) is 1. The first-order valence-electron chi connectivity index (χ1n) is 10.5. The van der Waals surface area contributed by atoms with Crippen LogP contribution < -0.4 is 0 Å². The molecule has 0 rings (SSSR count). The van der Waals surface area contributed by atoms with Crippen LogP contribution in [0.5, 0.6) is 0 Å². The van der Waals surface area contributed by atoms with Crippen LogP contribution in [0.3, 0.4) is 0 Å². The Morgan fingerprint density at radius 2 is 1.04 bits per heavy atom. The highest BCUT2D eigenvalue weighted by molar-refractivity contribution is 5.01. The van der Waals surface area contributed by atoms with Crippen LogP contribution in [0.2, 0.25) is 0 Å². The molecule has 2 heteroatoms. The average molecular weight is 373 g/mol. The van der Waals surface area contributed by atoms with Gasteiger partial charge in [-0.25, -0.2) is 0 Å². The Morgan fingerprint density at radius 3 is 1.41 bits per heavy atom. The van der Waals surface area contributed by atoms with Gasteiger partial charge in [0.2, 0.25) is 0 Å². The molecule has 1 unspecified atom stereocenters. The van der Waals surface area contributed by atoms with E-state index in [0.29, 0.717) is 6.61 Å². The molecule has 0 fully saturated rings. The number of ether oxygens (including phenoxy) is 1. The number of aliphatic hydroxyl groups excluding tert-OH is 1. The summed E-state index contributed by atoms with van der Waals surface area (Å²) in [4.78, 5) is 0. The van der Waals surface area contributed by atoms with Gasteiger partial charge in [0, 0.05) is 6.61 Å². The Kier molecular flexibility index (Phi) is 21.0. The summed E-state index contributed by atoms with van der Waals surface area (Å²) in [5.74, 6) is 0. The number of rotatable bonds is 17. The van der Waals surface area contributed by atoms with Crippen molar-refractivity contribution in [1.82, 2.24) is 0 Å². The highest BCUT2D eigenvalue weighted by atomic mass is 16.5. The van der Waals surface area contributed by atoms with Crippen molar-refractivity contribution in [3.63, 3.8) is 0 Å². The van der Waals surface area contributed by atoms with Gasteiger partial charge in [-0.1, -0.05) is 86.8 Å². The molecular weight excluding hydrogens is 332 g/mol. The summed E-state index contributed by atoms with van der Waals surface area (Å²) in [5, 5.41) is 9.21. The lowest BCUT2D eigenvalue weighted by Gasteiger charge is -2.12. The lowest BCUT2D eigenvalue weighted by atomic mass is 10.2. The summed E-state index contributed by atoms with van der Waals surface area (Å²) in [6.45, 7) is 5.04. The zero-order chi connectivity index (χ0) is 19.8. The molecule has 0 amide bonds. The normalized spacial score (nSPS) is 14.3. The van der Waals surface area contributed by atoms with E-state index >= 15 is 0 Å². The number of aliphatic hydroxyl groups is 1. The standard InChI is InChI=1S/C25H40O2/c1-3-5-6-7-8-9-10-11-12-13-14-15-16-17-18-19-20-21-22-25(24-26)27-23-4-2/h5-6,8-9,11-12,14-15,17-18,20-21,25-26H,3-4,7,10,13,16,19,22-24H2,1-2H3/b6-5-,9-8-,12-11-,15-14-,18-17-,21-20-. The van der Waals surface area contributed by atoms with E-state index in [1.165, 1.54) is 0 Å². The van der Waals surface area contributed by atoms with Crippen molar-refractivity contribution in [2.24, 2.45) is 0 Å². The number of allylic oxidation sites excluding steroid dienone is 11. The van der Waals surface area contributed by atoms with Crippen molar-refractivity contribution >= 4 is 0 Å². The Labute approximate surface area is 167 Å². The maximum atomic E-state index is 9.21. The zero-order valence-electron chi connectivity index (χ0n) is 17.4. The molecule has 0 saturated carbocycles. The van der Waals surface area contributed by atoms with E-state index in [9.17, 15) is 5.11 Å². The summed E-state index contributed by atoms with van der Waals surface area (Å²) in [6.07, 6.45) is 34.1. The van der Waals surface area contributed by atoms with E-state index in [-0.39, 0.29) is 12.7 Å². The molecule has 0 radical (unpaired) electrons. The van der Waals surface area contributed by atoms with Crippen molar-refractivity contribution in [1.29, 1.82) is 0 Å². The van der Waals surface area contributed by atoms with Gasteiger partial charge in [-0.15, -0.1) is 0 Å².